The third-order valence-electron chi connectivity index (χ3n) is 1.38. The van der Waals surface area contributed by atoms with Gasteiger partial charge in [-0.15, -0.1) is 0 Å². The Morgan fingerprint density at radius 3 is 2.00 bits per heavy atom. The summed E-state index contributed by atoms with van der Waals surface area (Å²) in [6.07, 6.45) is 0. The average molecular weight is 143 g/mol. The number of hydrogen-bond acceptors (Lipinski definition) is 2. The van der Waals surface area contributed by atoms with Crippen LogP contribution in [0.25, 0.3) is 0 Å². The lowest BCUT2D eigenvalue weighted by molar-refractivity contribution is 0.693. The van der Waals surface area contributed by atoms with E-state index in [0.717, 1.165) is 15.6 Å². The summed E-state index contributed by atoms with van der Waals surface area (Å²) in [4.78, 5) is 4.94. The van der Waals surface area contributed by atoms with Gasteiger partial charge in [-0.05, 0) is 20.8 Å². The molecule has 0 aromatic heterocycles. The summed E-state index contributed by atoms with van der Waals surface area (Å²) in [5, 5.41) is 0.727. The van der Waals surface area contributed by atoms with Crippen LogP contribution in [0.15, 0.2) is 15.6 Å². The van der Waals surface area contributed by atoms with Crippen molar-refractivity contribution in [2.75, 3.05) is 0 Å². The fourth-order valence-corrected chi connectivity index (χ4v) is 1.69. The van der Waals surface area contributed by atoms with Crippen molar-refractivity contribution < 1.29 is 4.21 Å². The number of aliphatic imine (C=N–C) groups is 1. The molecule has 0 aliphatic carbocycles. The number of hydrogen-bond donors (Lipinski definition) is 0. The van der Waals surface area contributed by atoms with Crippen LogP contribution in [0.3, 0.4) is 0 Å². The van der Waals surface area contributed by atoms with Crippen LogP contribution in [0.5, 0.6) is 0 Å². The van der Waals surface area contributed by atoms with Gasteiger partial charge in [0.25, 0.3) is 0 Å². The van der Waals surface area contributed by atoms with Crippen molar-refractivity contribution in [1.82, 2.24) is 0 Å². The smallest absolute Gasteiger partial charge is 0.106 e. The highest BCUT2D eigenvalue weighted by molar-refractivity contribution is 8.04. The maximum absolute atomic E-state index is 11.0. The second kappa shape index (κ2) is 2.06. The second-order valence-electron chi connectivity index (χ2n) is 2.04. The lowest BCUT2D eigenvalue weighted by atomic mass is 10.5. The fourth-order valence-electron chi connectivity index (χ4n) is 0.712. The lowest BCUT2D eigenvalue weighted by Gasteiger charge is -1.88. The van der Waals surface area contributed by atoms with E-state index in [0.29, 0.717) is 0 Å². The van der Waals surface area contributed by atoms with Crippen molar-refractivity contribution in [3.8, 4) is 0 Å². The topological polar surface area (TPSA) is 29.4 Å². The Morgan fingerprint density at radius 2 is 1.89 bits per heavy atom. The Morgan fingerprint density at radius 1 is 1.33 bits per heavy atom. The quantitative estimate of drug-likeness (QED) is 0.504. The molecule has 0 spiro atoms. The molecule has 0 radical (unpaired) electrons. The molecule has 9 heavy (non-hydrogen) atoms. The normalized spacial score (nSPS) is 27.0. The minimum Gasteiger partial charge on any atom is -0.248 e. The molecule has 1 unspecified atom stereocenters. The molecule has 1 heterocycles. The second-order valence-corrected chi connectivity index (χ2v) is 3.78. The zero-order valence-electron chi connectivity index (χ0n) is 5.76. The predicted molar refractivity (Wildman–Crippen MR) is 39.6 cm³/mol. The third kappa shape index (κ3) is 0.965. The van der Waals surface area contributed by atoms with Crippen LogP contribution < -0.4 is 0 Å². The molecule has 0 fully saturated rings. The van der Waals surface area contributed by atoms with E-state index < -0.39 is 10.8 Å². The van der Waals surface area contributed by atoms with Crippen LogP contribution in [-0.2, 0) is 10.8 Å². The van der Waals surface area contributed by atoms with Gasteiger partial charge in [0.05, 0.1) is 16.5 Å². The molecular weight excluding hydrogens is 134 g/mol. The maximum atomic E-state index is 11.0. The monoisotopic (exact) mass is 143 g/mol. The van der Waals surface area contributed by atoms with Gasteiger partial charge in [0.2, 0.25) is 0 Å². The number of nitrogens with zero attached hydrogens (tertiary/aromatic N) is 1. The minimum absolute atomic E-state index is 0.727. The van der Waals surface area contributed by atoms with Gasteiger partial charge < -0.3 is 0 Å². The maximum Gasteiger partial charge on any atom is 0.106 e. The Balaban J connectivity index is 3.06. The van der Waals surface area contributed by atoms with E-state index in [-0.39, 0.29) is 0 Å². The number of allylic oxidation sites excluding steroid dienone is 2. The highest BCUT2D eigenvalue weighted by atomic mass is 32.2. The van der Waals surface area contributed by atoms with E-state index in [4.69, 9.17) is 0 Å². The Bertz CT molecular complexity index is 227. The van der Waals surface area contributed by atoms with Gasteiger partial charge in [-0.1, -0.05) is 0 Å². The van der Waals surface area contributed by atoms with Gasteiger partial charge in [-0.25, -0.2) is 9.20 Å². The van der Waals surface area contributed by atoms with Gasteiger partial charge in [0, 0.05) is 4.91 Å². The summed E-state index contributed by atoms with van der Waals surface area (Å²) in [7, 11) is -0.913. The molecule has 3 heteroatoms. The summed E-state index contributed by atoms with van der Waals surface area (Å²) >= 11 is 0. The first kappa shape index (κ1) is 6.68. The van der Waals surface area contributed by atoms with Crippen LogP contribution in [0, 0.1) is 0 Å². The molecule has 0 aromatic carbocycles. The minimum atomic E-state index is -0.913. The zero-order valence-corrected chi connectivity index (χ0v) is 6.58. The molecule has 50 valence electrons. The highest BCUT2D eigenvalue weighted by Gasteiger charge is 2.15. The van der Waals surface area contributed by atoms with E-state index in [1.165, 1.54) is 0 Å². The van der Waals surface area contributed by atoms with Crippen molar-refractivity contribution in [2.45, 2.75) is 20.8 Å². The molecule has 1 atom stereocenters. The summed E-state index contributed by atoms with van der Waals surface area (Å²) in [6, 6.07) is 0. The molecule has 0 saturated carbocycles. The summed E-state index contributed by atoms with van der Waals surface area (Å²) in [5.41, 5.74) is 0.908. The number of rotatable bonds is 0. The Hall–Kier alpha value is -0.440. The van der Waals surface area contributed by atoms with E-state index in [9.17, 15) is 4.21 Å². The van der Waals surface area contributed by atoms with Crippen molar-refractivity contribution in [1.29, 1.82) is 0 Å². The van der Waals surface area contributed by atoms with E-state index in [1.807, 2.05) is 13.8 Å². The first-order chi connectivity index (χ1) is 4.13. The van der Waals surface area contributed by atoms with Gasteiger partial charge in [-0.2, -0.15) is 0 Å². The molecule has 0 N–H and O–H groups in total. The molecule has 1 aliphatic rings. The third-order valence-corrected chi connectivity index (χ3v) is 2.86. The molecule has 0 saturated heterocycles. The van der Waals surface area contributed by atoms with Gasteiger partial charge in [0.15, 0.2) is 0 Å². The van der Waals surface area contributed by atoms with Crippen LogP contribution in [0.1, 0.15) is 20.8 Å². The first-order valence-corrected chi connectivity index (χ1v) is 3.92. The SMILES string of the molecule is CC1=NC(C)=C(C)S1=O. The molecule has 1 rings (SSSR count). The Kier molecular flexibility index (Phi) is 1.53. The fraction of sp³-hybridized carbons (Fsp3) is 0.500. The molecule has 0 aromatic rings. The van der Waals surface area contributed by atoms with Crippen LogP contribution in [0.2, 0.25) is 0 Å². The van der Waals surface area contributed by atoms with Crippen molar-refractivity contribution in [3.05, 3.63) is 10.6 Å². The van der Waals surface area contributed by atoms with Crippen molar-refractivity contribution >= 4 is 15.8 Å². The van der Waals surface area contributed by atoms with Gasteiger partial charge in [0.1, 0.15) is 5.04 Å². The first-order valence-electron chi connectivity index (χ1n) is 2.77. The zero-order chi connectivity index (χ0) is 7.02. The van der Waals surface area contributed by atoms with E-state index in [1.54, 1.807) is 6.92 Å². The van der Waals surface area contributed by atoms with Crippen molar-refractivity contribution in [3.63, 3.8) is 0 Å². The highest BCUT2D eigenvalue weighted by Crippen LogP contribution is 2.18. The molecule has 2 nitrogen and oxygen atoms in total. The molecule has 0 amide bonds. The summed E-state index contributed by atoms with van der Waals surface area (Å²) in [5.74, 6) is 0. The molecule has 0 bridgehead atoms. The molecule has 1 aliphatic heterocycles. The van der Waals surface area contributed by atoms with Gasteiger partial charge >= 0.3 is 0 Å². The standard InChI is InChI=1S/C6H9NOS/c1-4-5(2)9(8)6(3)7-4/h1-3H3. The predicted octanol–water partition coefficient (Wildman–Crippen LogP) is 1.42. The van der Waals surface area contributed by atoms with Crippen LogP contribution in [0.4, 0.5) is 0 Å². The van der Waals surface area contributed by atoms with Crippen LogP contribution in [-0.4, -0.2) is 9.25 Å². The van der Waals surface area contributed by atoms with E-state index >= 15 is 0 Å². The summed E-state index contributed by atoms with van der Waals surface area (Å²) < 4.78 is 11.0. The largest absolute Gasteiger partial charge is 0.248 e. The van der Waals surface area contributed by atoms with Crippen molar-refractivity contribution in [2.24, 2.45) is 4.99 Å². The van der Waals surface area contributed by atoms with Gasteiger partial charge in [-0.3, -0.25) is 0 Å². The van der Waals surface area contributed by atoms with E-state index in [2.05, 4.69) is 4.99 Å². The molecular formula is C6H9NOS. The average Bonchev–Trinajstić information content (AvgIpc) is 1.98. The van der Waals surface area contributed by atoms with Crippen LogP contribution >= 0.6 is 0 Å². The summed E-state index contributed by atoms with van der Waals surface area (Å²) in [6.45, 7) is 5.52. The Labute approximate surface area is 57.1 Å². The lowest BCUT2D eigenvalue weighted by Crippen LogP contribution is -1.96.